The smallest absolute Gasteiger partial charge is 0.224 e. The second-order valence-corrected chi connectivity index (χ2v) is 9.17. The van der Waals surface area contributed by atoms with Gasteiger partial charge in [0.1, 0.15) is 5.82 Å². The number of nitrogens with one attached hydrogen (secondary N) is 1. The molecule has 3 aromatic rings. The lowest BCUT2D eigenvalue weighted by molar-refractivity contribution is -0.116. The first-order valence-corrected chi connectivity index (χ1v) is 12.8. The first-order chi connectivity index (χ1) is 16.3. The zero-order chi connectivity index (χ0) is 22.9. The molecule has 0 fully saturated rings. The molecule has 0 saturated carbocycles. The summed E-state index contributed by atoms with van der Waals surface area (Å²) in [5.41, 5.74) is 4.18. The van der Waals surface area contributed by atoms with Gasteiger partial charge in [-0.1, -0.05) is 94.7 Å². The fourth-order valence-electron chi connectivity index (χ4n) is 4.83. The minimum Gasteiger partial charge on any atom is -0.326 e. The summed E-state index contributed by atoms with van der Waals surface area (Å²) < 4.78 is 0. The van der Waals surface area contributed by atoms with Crippen molar-refractivity contribution in [3.63, 3.8) is 0 Å². The summed E-state index contributed by atoms with van der Waals surface area (Å²) in [6, 6.07) is 18.5. The lowest BCUT2D eigenvalue weighted by Gasteiger charge is -2.20. The number of carbonyl (C=O) groups is 1. The predicted octanol–water partition coefficient (Wildman–Crippen LogP) is 7.79. The maximum absolute atomic E-state index is 12.9. The van der Waals surface area contributed by atoms with Gasteiger partial charge in [0.25, 0.3) is 0 Å². The van der Waals surface area contributed by atoms with Crippen LogP contribution in [0.25, 0.3) is 10.9 Å². The molecule has 0 bridgehead atoms. The molecule has 0 unspecified atom stereocenters. The van der Waals surface area contributed by atoms with Gasteiger partial charge in [0.05, 0.1) is 11.2 Å². The van der Waals surface area contributed by atoms with Crippen molar-refractivity contribution in [1.29, 1.82) is 0 Å². The molecule has 1 N–H and O–H groups in total. The molecule has 0 atom stereocenters. The molecule has 0 aliphatic carbocycles. The number of fused-ring (bicyclic) bond motifs is 2. The standard InChI is InChI=1S/C29H37N3O/c1-2-3-4-5-6-7-8-9-13-20-27(33)31-28-24-18-14-15-19-26(24)30-29-25(28)21-22-32(29)23-16-11-10-12-17-23/h10-12,14-19H,2-9,13,20-22H2,1H3,(H,30,31,33). The second kappa shape index (κ2) is 11.8. The summed E-state index contributed by atoms with van der Waals surface area (Å²) in [6.45, 7) is 3.14. The van der Waals surface area contributed by atoms with Gasteiger partial charge in [0.15, 0.2) is 0 Å². The number of unbranched alkanes of at least 4 members (excludes halogenated alkanes) is 8. The third-order valence-electron chi connectivity index (χ3n) is 6.65. The SMILES string of the molecule is CCCCCCCCCCCC(=O)Nc1c2c(nc3ccccc13)N(c1ccccc1)CC2. The molecule has 174 valence electrons. The van der Waals surface area contributed by atoms with E-state index in [4.69, 9.17) is 4.98 Å². The molecule has 1 amide bonds. The lowest BCUT2D eigenvalue weighted by Crippen LogP contribution is -2.15. The Hall–Kier alpha value is -2.88. The minimum absolute atomic E-state index is 0.120. The number of nitrogens with zero attached hydrogens (tertiary/aromatic N) is 2. The van der Waals surface area contributed by atoms with Gasteiger partial charge in [-0.05, 0) is 31.0 Å². The van der Waals surface area contributed by atoms with E-state index in [-0.39, 0.29) is 5.91 Å². The number of hydrogen-bond acceptors (Lipinski definition) is 3. The molecule has 1 aliphatic rings. The molecule has 1 aromatic heterocycles. The number of pyridine rings is 1. The first-order valence-electron chi connectivity index (χ1n) is 12.8. The van der Waals surface area contributed by atoms with Crippen LogP contribution in [0.5, 0.6) is 0 Å². The molecule has 2 heterocycles. The Balaban J connectivity index is 1.39. The Morgan fingerprint density at radius 1 is 0.879 bits per heavy atom. The van der Waals surface area contributed by atoms with E-state index in [0.717, 1.165) is 59.5 Å². The molecular weight excluding hydrogens is 406 g/mol. The van der Waals surface area contributed by atoms with E-state index >= 15 is 0 Å². The van der Waals surface area contributed by atoms with Crippen LogP contribution in [-0.4, -0.2) is 17.4 Å². The van der Waals surface area contributed by atoms with Crippen LogP contribution in [0.15, 0.2) is 54.6 Å². The number of aromatic nitrogens is 1. The Bertz CT molecular complexity index is 1050. The fourth-order valence-corrected chi connectivity index (χ4v) is 4.83. The third-order valence-corrected chi connectivity index (χ3v) is 6.65. The maximum Gasteiger partial charge on any atom is 0.224 e. The normalized spacial score (nSPS) is 12.8. The zero-order valence-corrected chi connectivity index (χ0v) is 20.0. The van der Waals surface area contributed by atoms with Crippen LogP contribution in [0.2, 0.25) is 0 Å². The van der Waals surface area contributed by atoms with E-state index < -0.39 is 0 Å². The van der Waals surface area contributed by atoms with Crippen LogP contribution >= 0.6 is 0 Å². The van der Waals surface area contributed by atoms with Gasteiger partial charge in [-0.3, -0.25) is 4.79 Å². The first kappa shape index (κ1) is 23.3. The number of anilines is 3. The molecule has 0 spiro atoms. The molecule has 33 heavy (non-hydrogen) atoms. The summed E-state index contributed by atoms with van der Waals surface area (Å²) in [6.07, 6.45) is 12.8. The van der Waals surface area contributed by atoms with Crippen LogP contribution in [0.3, 0.4) is 0 Å². The van der Waals surface area contributed by atoms with Crippen molar-refractivity contribution in [2.75, 3.05) is 16.8 Å². The average molecular weight is 444 g/mol. The van der Waals surface area contributed by atoms with Gasteiger partial charge in [0, 0.05) is 29.6 Å². The van der Waals surface area contributed by atoms with Gasteiger partial charge in [0.2, 0.25) is 5.91 Å². The van der Waals surface area contributed by atoms with Crippen molar-refractivity contribution in [3.8, 4) is 0 Å². The Labute approximate surface area is 198 Å². The number of hydrogen-bond donors (Lipinski definition) is 1. The summed E-state index contributed by atoms with van der Waals surface area (Å²) in [5.74, 6) is 1.09. The molecule has 4 rings (SSSR count). The third kappa shape index (κ3) is 5.93. The summed E-state index contributed by atoms with van der Waals surface area (Å²) in [5, 5.41) is 4.31. The highest BCUT2D eigenvalue weighted by Crippen LogP contribution is 2.40. The number of amides is 1. The molecule has 1 aliphatic heterocycles. The molecule has 0 radical (unpaired) electrons. The van der Waals surface area contributed by atoms with Crippen molar-refractivity contribution < 1.29 is 4.79 Å². The zero-order valence-electron chi connectivity index (χ0n) is 20.0. The Morgan fingerprint density at radius 3 is 2.30 bits per heavy atom. The van der Waals surface area contributed by atoms with Gasteiger partial charge in [-0.2, -0.15) is 0 Å². The van der Waals surface area contributed by atoms with E-state index in [9.17, 15) is 4.79 Å². The van der Waals surface area contributed by atoms with Crippen molar-refractivity contribution in [1.82, 2.24) is 4.98 Å². The number of para-hydroxylation sites is 2. The lowest BCUT2D eigenvalue weighted by atomic mass is 10.1. The van der Waals surface area contributed by atoms with E-state index in [1.807, 2.05) is 24.3 Å². The van der Waals surface area contributed by atoms with Crippen molar-refractivity contribution in [2.24, 2.45) is 0 Å². The number of benzene rings is 2. The van der Waals surface area contributed by atoms with Gasteiger partial charge in [-0.15, -0.1) is 0 Å². The monoisotopic (exact) mass is 443 g/mol. The minimum atomic E-state index is 0.120. The van der Waals surface area contributed by atoms with Crippen LogP contribution in [-0.2, 0) is 11.2 Å². The highest BCUT2D eigenvalue weighted by atomic mass is 16.1. The Kier molecular flexibility index (Phi) is 8.35. The fraction of sp³-hybridized carbons (Fsp3) is 0.448. The van der Waals surface area contributed by atoms with Crippen molar-refractivity contribution in [3.05, 3.63) is 60.2 Å². The highest BCUT2D eigenvalue weighted by Gasteiger charge is 2.27. The molecule has 2 aromatic carbocycles. The Morgan fingerprint density at radius 2 is 1.55 bits per heavy atom. The van der Waals surface area contributed by atoms with Gasteiger partial charge >= 0.3 is 0 Å². The largest absolute Gasteiger partial charge is 0.326 e. The molecule has 0 saturated heterocycles. The highest BCUT2D eigenvalue weighted by molar-refractivity contribution is 6.04. The quantitative estimate of drug-likeness (QED) is 0.291. The van der Waals surface area contributed by atoms with Crippen LogP contribution in [0.4, 0.5) is 17.2 Å². The topological polar surface area (TPSA) is 45.2 Å². The second-order valence-electron chi connectivity index (χ2n) is 9.17. The van der Waals surface area contributed by atoms with E-state index in [2.05, 4.69) is 47.5 Å². The van der Waals surface area contributed by atoms with Crippen molar-refractivity contribution >= 4 is 34.0 Å². The van der Waals surface area contributed by atoms with Gasteiger partial charge < -0.3 is 10.2 Å². The summed E-state index contributed by atoms with van der Waals surface area (Å²) in [4.78, 5) is 20.1. The number of rotatable bonds is 12. The van der Waals surface area contributed by atoms with Crippen LogP contribution in [0.1, 0.15) is 76.7 Å². The molecular formula is C29H37N3O. The van der Waals surface area contributed by atoms with Gasteiger partial charge in [-0.25, -0.2) is 4.98 Å². The summed E-state index contributed by atoms with van der Waals surface area (Å²) >= 11 is 0. The van der Waals surface area contributed by atoms with Crippen LogP contribution < -0.4 is 10.2 Å². The maximum atomic E-state index is 12.9. The van der Waals surface area contributed by atoms with E-state index in [0.29, 0.717) is 6.42 Å². The van der Waals surface area contributed by atoms with E-state index in [1.165, 1.54) is 44.9 Å². The average Bonchev–Trinajstić information content (AvgIpc) is 3.27. The number of carbonyl (C=O) groups excluding carboxylic acids is 1. The predicted molar refractivity (Wildman–Crippen MR) is 139 cm³/mol. The van der Waals surface area contributed by atoms with E-state index in [1.54, 1.807) is 0 Å². The van der Waals surface area contributed by atoms with Crippen molar-refractivity contribution in [2.45, 2.75) is 77.6 Å². The molecule has 4 heteroatoms. The van der Waals surface area contributed by atoms with Crippen LogP contribution in [0, 0.1) is 0 Å². The molecule has 4 nitrogen and oxygen atoms in total. The summed E-state index contributed by atoms with van der Waals surface area (Å²) in [7, 11) is 0.